The molecular weight excluding hydrogens is 370 g/mol. The lowest BCUT2D eigenvalue weighted by Crippen LogP contribution is -2.50. The Bertz CT molecular complexity index is 635. The highest BCUT2D eigenvalue weighted by atomic mass is 32.2. The van der Waals surface area contributed by atoms with E-state index in [1.54, 1.807) is 6.92 Å². The molecule has 0 aliphatic carbocycles. The van der Waals surface area contributed by atoms with Crippen LogP contribution in [0.2, 0.25) is 0 Å². The molecule has 1 saturated heterocycles. The minimum absolute atomic E-state index is 0.0795. The Balaban J connectivity index is 2.56. The van der Waals surface area contributed by atoms with Gasteiger partial charge in [-0.1, -0.05) is 58.8 Å². The number of hydrogen-bond acceptors (Lipinski definition) is 5. The molecule has 0 radical (unpaired) electrons. The van der Waals surface area contributed by atoms with Crippen LogP contribution >= 0.6 is 0 Å². The highest BCUT2D eigenvalue weighted by Gasteiger charge is 2.48. The standard InChI is InChI=1S/C18H33N3O5S/c1-4-6-8-9-10-12-18(3)16(23)21(17(24)19-18)20-15(22)14-27(25,26)13-11-7-5-2/h4-14H2,1-3H3,(H,19,24)(H,20,22). The maximum atomic E-state index is 12.5. The second kappa shape index (κ2) is 10.6. The van der Waals surface area contributed by atoms with E-state index < -0.39 is 39.0 Å². The van der Waals surface area contributed by atoms with Gasteiger partial charge in [-0.05, 0) is 19.8 Å². The average Bonchev–Trinajstić information content (AvgIpc) is 2.78. The van der Waals surface area contributed by atoms with E-state index in [4.69, 9.17) is 0 Å². The van der Waals surface area contributed by atoms with E-state index in [1.807, 2.05) is 6.92 Å². The number of unbranched alkanes of at least 4 members (excludes halogenated alkanes) is 6. The summed E-state index contributed by atoms with van der Waals surface area (Å²) in [7, 11) is -3.56. The van der Waals surface area contributed by atoms with Gasteiger partial charge in [0.15, 0.2) is 9.84 Å². The Labute approximate surface area is 162 Å². The summed E-state index contributed by atoms with van der Waals surface area (Å²) in [5.74, 6) is -2.24. The molecule has 156 valence electrons. The number of imide groups is 1. The van der Waals surface area contributed by atoms with Crippen molar-refractivity contribution < 1.29 is 22.8 Å². The summed E-state index contributed by atoms with van der Waals surface area (Å²) in [6.07, 6.45) is 7.69. The molecule has 9 heteroatoms. The summed E-state index contributed by atoms with van der Waals surface area (Å²) >= 11 is 0. The molecule has 1 heterocycles. The first-order chi connectivity index (χ1) is 12.6. The molecule has 0 aromatic rings. The van der Waals surface area contributed by atoms with Crippen LogP contribution in [0.25, 0.3) is 0 Å². The Kier molecular flexibility index (Phi) is 9.21. The van der Waals surface area contributed by atoms with E-state index in [2.05, 4.69) is 17.7 Å². The third-order valence-corrected chi connectivity index (χ3v) is 6.30. The van der Waals surface area contributed by atoms with E-state index in [0.717, 1.165) is 44.9 Å². The number of nitrogens with zero attached hydrogens (tertiary/aromatic N) is 1. The number of carbonyl (C=O) groups excluding carboxylic acids is 3. The van der Waals surface area contributed by atoms with Crippen LogP contribution in [-0.4, -0.2) is 48.3 Å². The van der Waals surface area contributed by atoms with Crippen molar-refractivity contribution in [3.63, 3.8) is 0 Å². The van der Waals surface area contributed by atoms with Crippen molar-refractivity contribution in [3.05, 3.63) is 0 Å². The third-order valence-electron chi connectivity index (χ3n) is 4.69. The monoisotopic (exact) mass is 403 g/mol. The lowest BCUT2D eigenvalue weighted by molar-refractivity contribution is -0.138. The van der Waals surface area contributed by atoms with Gasteiger partial charge in [0.25, 0.3) is 11.8 Å². The number of hydrogen-bond donors (Lipinski definition) is 2. The van der Waals surface area contributed by atoms with Crippen LogP contribution in [-0.2, 0) is 19.4 Å². The molecule has 4 amide bonds. The van der Waals surface area contributed by atoms with Gasteiger partial charge in [0.2, 0.25) is 0 Å². The molecule has 0 bridgehead atoms. The topological polar surface area (TPSA) is 113 Å². The van der Waals surface area contributed by atoms with E-state index in [-0.39, 0.29) is 5.75 Å². The molecule has 1 fully saturated rings. The summed E-state index contributed by atoms with van der Waals surface area (Å²) in [5, 5.41) is 3.21. The van der Waals surface area contributed by atoms with Gasteiger partial charge in [0.05, 0.1) is 5.75 Å². The fourth-order valence-electron chi connectivity index (χ4n) is 3.04. The molecular formula is C18H33N3O5S. The smallest absolute Gasteiger partial charge is 0.322 e. The molecule has 1 rings (SSSR count). The molecule has 0 saturated carbocycles. The van der Waals surface area contributed by atoms with Crippen molar-refractivity contribution in [1.29, 1.82) is 0 Å². The lowest BCUT2D eigenvalue weighted by Gasteiger charge is -2.21. The van der Waals surface area contributed by atoms with Crippen molar-refractivity contribution in [2.24, 2.45) is 0 Å². The van der Waals surface area contributed by atoms with Crippen LogP contribution in [0.5, 0.6) is 0 Å². The molecule has 1 aliphatic heterocycles. The predicted octanol–water partition coefficient (Wildman–Crippen LogP) is 2.29. The van der Waals surface area contributed by atoms with E-state index in [1.165, 1.54) is 0 Å². The van der Waals surface area contributed by atoms with Gasteiger partial charge in [-0.2, -0.15) is 5.01 Å². The Morgan fingerprint density at radius 2 is 1.63 bits per heavy atom. The molecule has 2 N–H and O–H groups in total. The maximum Gasteiger partial charge on any atom is 0.344 e. The highest BCUT2D eigenvalue weighted by Crippen LogP contribution is 2.23. The van der Waals surface area contributed by atoms with Crippen LogP contribution in [0, 0.1) is 0 Å². The van der Waals surface area contributed by atoms with Crippen molar-refractivity contribution in [1.82, 2.24) is 15.8 Å². The zero-order valence-electron chi connectivity index (χ0n) is 16.7. The van der Waals surface area contributed by atoms with Gasteiger partial charge in [-0.25, -0.2) is 13.2 Å². The number of amides is 4. The number of carbonyl (C=O) groups is 3. The maximum absolute atomic E-state index is 12.5. The van der Waals surface area contributed by atoms with Gasteiger partial charge in [-0.15, -0.1) is 0 Å². The number of nitrogens with one attached hydrogen (secondary N) is 2. The first-order valence-corrected chi connectivity index (χ1v) is 11.6. The summed E-state index contributed by atoms with van der Waals surface area (Å²) in [6, 6.07) is -0.729. The van der Waals surface area contributed by atoms with Crippen LogP contribution in [0.1, 0.15) is 78.6 Å². The van der Waals surface area contributed by atoms with Crippen LogP contribution in [0.15, 0.2) is 0 Å². The largest absolute Gasteiger partial charge is 0.344 e. The number of hydrazine groups is 1. The second-order valence-electron chi connectivity index (χ2n) is 7.40. The van der Waals surface area contributed by atoms with E-state index in [9.17, 15) is 22.8 Å². The van der Waals surface area contributed by atoms with Crippen LogP contribution < -0.4 is 10.7 Å². The SMILES string of the molecule is CCCCCCCC1(C)NC(=O)N(NC(=O)CS(=O)(=O)CCCCC)C1=O. The first-order valence-electron chi connectivity index (χ1n) is 9.82. The van der Waals surface area contributed by atoms with Crippen LogP contribution in [0.4, 0.5) is 4.79 Å². The van der Waals surface area contributed by atoms with Crippen molar-refractivity contribution in [3.8, 4) is 0 Å². The molecule has 1 atom stereocenters. The minimum atomic E-state index is -3.56. The van der Waals surface area contributed by atoms with Gasteiger partial charge < -0.3 is 5.32 Å². The molecule has 1 aliphatic rings. The quantitative estimate of drug-likeness (QED) is 0.362. The van der Waals surface area contributed by atoms with Crippen molar-refractivity contribution in [2.75, 3.05) is 11.5 Å². The Hall–Kier alpha value is -1.64. The van der Waals surface area contributed by atoms with E-state index in [0.29, 0.717) is 17.9 Å². The van der Waals surface area contributed by atoms with E-state index >= 15 is 0 Å². The summed E-state index contributed by atoms with van der Waals surface area (Å²) < 4.78 is 23.9. The first kappa shape index (κ1) is 23.4. The fourth-order valence-corrected chi connectivity index (χ4v) is 4.29. The number of urea groups is 1. The molecule has 8 nitrogen and oxygen atoms in total. The Morgan fingerprint density at radius 3 is 2.26 bits per heavy atom. The minimum Gasteiger partial charge on any atom is -0.322 e. The normalized spacial score (nSPS) is 20.0. The highest BCUT2D eigenvalue weighted by molar-refractivity contribution is 7.92. The lowest BCUT2D eigenvalue weighted by atomic mass is 9.94. The van der Waals surface area contributed by atoms with Gasteiger partial charge in [0.1, 0.15) is 11.3 Å². The average molecular weight is 404 g/mol. The summed E-state index contributed by atoms with van der Waals surface area (Å²) in [4.78, 5) is 36.6. The van der Waals surface area contributed by atoms with Gasteiger partial charge in [0, 0.05) is 0 Å². The number of sulfone groups is 1. The molecule has 0 aromatic heterocycles. The van der Waals surface area contributed by atoms with Gasteiger partial charge >= 0.3 is 6.03 Å². The summed E-state index contributed by atoms with van der Waals surface area (Å²) in [6.45, 7) is 5.70. The van der Waals surface area contributed by atoms with Crippen LogP contribution in [0.3, 0.4) is 0 Å². The number of rotatable bonds is 13. The summed E-state index contributed by atoms with van der Waals surface area (Å²) in [5.41, 5.74) is 1.07. The fraction of sp³-hybridized carbons (Fsp3) is 0.833. The molecule has 0 aromatic carbocycles. The predicted molar refractivity (Wildman–Crippen MR) is 103 cm³/mol. The van der Waals surface area contributed by atoms with Crippen molar-refractivity contribution in [2.45, 2.75) is 84.1 Å². The van der Waals surface area contributed by atoms with Gasteiger partial charge in [-0.3, -0.25) is 15.0 Å². The zero-order valence-corrected chi connectivity index (χ0v) is 17.5. The molecule has 27 heavy (non-hydrogen) atoms. The third kappa shape index (κ3) is 7.48. The molecule has 0 spiro atoms. The zero-order chi connectivity index (χ0) is 20.5. The molecule has 1 unspecified atom stereocenters. The second-order valence-corrected chi connectivity index (χ2v) is 9.59. The Morgan fingerprint density at radius 1 is 1.04 bits per heavy atom. The van der Waals surface area contributed by atoms with Crippen molar-refractivity contribution >= 4 is 27.7 Å².